The molecule has 0 aliphatic carbocycles. The van der Waals surface area contributed by atoms with Crippen LogP contribution in [0.2, 0.25) is 5.02 Å². The number of likely N-dealkylation sites (tertiary alicyclic amines) is 3. The number of fused-ring (bicyclic) bond motifs is 1. The first-order valence-corrected chi connectivity index (χ1v) is 19.0. The Bertz CT molecular complexity index is 2380. The van der Waals surface area contributed by atoms with E-state index in [1.807, 2.05) is 54.3 Å². The minimum Gasteiger partial charge on any atom is -0.496 e. The van der Waals surface area contributed by atoms with E-state index in [9.17, 15) is 14.9 Å². The van der Waals surface area contributed by atoms with E-state index in [0.717, 1.165) is 78.9 Å². The molecule has 11 nitrogen and oxygen atoms in total. The van der Waals surface area contributed by atoms with Crippen LogP contribution in [-0.2, 0) is 17.9 Å². The summed E-state index contributed by atoms with van der Waals surface area (Å²) in [5.74, 6) is 0.756. The number of nitrogens with zero attached hydrogens (tertiary/aromatic N) is 6. The van der Waals surface area contributed by atoms with E-state index in [2.05, 4.69) is 40.0 Å². The molecule has 2 aromatic heterocycles. The second-order valence-electron chi connectivity index (χ2n) is 16.0. The van der Waals surface area contributed by atoms with Gasteiger partial charge in [0.25, 0.3) is 5.91 Å². The van der Waals surface area contributed by atoms with Gasteiger partial charge in [0, 0.05) is 86.1 Å². The molecule has 2 amide bonds. The second-order valence-corrected chi connectivity index (χ2v) is 16.3. The van der Waals surface area contributed by atoms with Crippen molar-refractivity contribution in [2.75, 3.05) is 45.2 Å². The minimum absolute atomic E-state index is 0.102. The van der Waals surface area contributed by atoms with Crippen LogP contribution in [-0.4, -0.2) is 81.9 Å². The summed E-state index contributed by atoms with van der Waals surface area (Å²) >= 11 is 7.02. The Hall–Kier alpha value is -5.28. The molecule has 3 aliphatic rings. The number of hydrogen-bond acceptors (Lipinski definition) is 9. The maximum absolute atomic E-state index is 13.5. The van der Waals surface area contributed by atoms with Crippen LogP contribution in [0.1, 0.15) is 66.4 Å². The van der Waals surface area contributed by atoms with E-state index < -0.39 is 5.91 Å². The predicted molar refractivity (Wildman–Crippen MR) is 212 cm³/mol. The Morgan fingerprint density at radius 2 is 1.78 bits per heavy atom. The number of nitriles is 1. The van der Waals surface area contributed by atoms with Gasteiger partial charge in [0.2, 0.25) is 11.8 Å². The number of halogens is 1. The van der Waals surface area contributed by atoms with Gasteiger partial charge in [-0.15, -0.1) is 0 Å². The number of anilines is 1. The molecule has 8 rings (SSSR count). The molecule has 3 aliphatic heterocycles. The number of ether oxygens (including phenoxy) is 1. The van der Waals surface area contributed by atoms with Crippen molar-refractivity contribution in [2.24, 2.45) is 5.41 Å². The molecular formula is C43H44ClN7O4. The molecule has 0 unspecified atom stereocenters. The Balaban J connectivity index is 1.01. The van der Waals surface area contributed by atoms with Crippen molar-refractivity contribution < 1.29 is 18.7 Å². The lowest BCUT2D eigenvalue weighted by Gasteiger charge is -2.60. The second kappa shape index (κ2) is 14.1. The zero-order valence-corrected chi connectivity index (χ0v) is 32.6. The molecule has 3 saturated heterocycles. The number of aromatic nitrogens is 2. The van der Waals surface area contributed by atoms with Gasteiger partial charge in [-0.05, 0) is 81.1 Å². The lowest BCUT2D eigenvalue weighted by molar-refractivity contribution is -0.157. The van der Waals surface area contributed by atoms with Crippen LogP contribution in [0.4, 0.5) is 5.69 Å². The SMILES string of the molecule is COc1cc(C(=O)Nc2cccc(-c3cccc(-c4nc5cc(CN6CC7(C6)CN(C(C)=O)C7)cc(C#N)c5o4)c3C)c2Cl)ncc1CN1CCCC1(C)C. The molecular weight excluding hydrogens is 714 g/mol. The summed E-state index contributed by atoms with van der Waals surface area (Å²) in [5.41, 5.74) is 7.64. The average Bonchev–Trinajstić information content (AvgIpc) is 3.71. The fourth-order valence-corrected chi connectivity index (χ4v) is 8.86. The van der Waals surface area contributed by atoms with Crippen molar-refractivity contribution in [3.05, 3.63) is 93.8 Å². The molecule has 5 heterocycles. The van der Waals surface area contributed by atoms with Crippen molar-refractivity contribution in [1.29, 1.82) is 5.26 Å². The van der Waals surface area contributed by atoms with Gasteiger partial charge in [-0.3, -0.25) is 24.4 Å². The molecule has 55 heavy (non-hydrogen) atoms. The third-order valence-electron chi connectivity index (χ3n) is 11.6. The summed E-state index contributed by atoms with van der Waals surface area (Å²) in [6.07, 6.45) is 4.01. The predicted octanol–water partition coefficient (Wildman–Crippen LogP) is 7.69. The lowest BCUT2D eigenvalue weighted by atomic mass is 9.72. The largest absolute Gasteiger partial charge is 0.496 e. The molecule has 12 heteroatoms. The number of oxazole rings is 1. The van der Waals surface area contributed by atoms with E-state index in [4.69, 9.17) is 25.7 Å². The molecule has 0 radical (unpaired) electrons. The van der Waals surface area contributed by atoms with Gasteiger partial charge in [0.15, 0.2) is 5.58 Å². The number of carbonyl (C=O) groups excluding carboxylic acids is 2. The zero-order chi connectivity index (χ0) is 38.6. The van der Waals surface area contributed by atoms with Crippen LogP contribution in [0.15, 0.2) is 65.2 Å². The van der Waals surface area contributed by atoms with Crippen LogP contribution < -0.4 is 10.1 Å². The monoisotopic (exact) mass is 757 g/mol. The number of carbonyl (C=O) groups is 2. The van der Waals surface area contributed by atoms with Crippen molar-refractivity contribution in [3.8, 4) is 34.4 Å². The number of nitrogens with one attached hydrogen (secondary N) is 1. The summed E-state index contributed by atoms with van der Waals surface area (Å²) in [6.45, 7) is 14.0. The topological polar surface area (TPSA) is 128 Å². The van der Waals surface area contributed by atoms with Crippen molar-refractivity contribution in [2.45, 2.75) is 59.2 Å². The molecule has 1 spiro atoms. The Labute approximate surface area is 325 Å². The van der Waals surface area contributed by atoms with Gasteiger partial charge in [-0.1, -0.05) is 35.9 Å². The molecule has 282 valence electrons. The number of hydrogen-bond donors (Lipinski definition) is 1. The van der Waals surface area contributed by atoms with Gasteiger partial charge in [0.05, 0.1) is 23.4 Å². The normalized spacial score (nSPS) is 17.5. The van der Waals surface area contributed by atoms with Gasteiger partial charge in [-0.25, -0.2) is 4.98 Å². The molecule has 1 N–H and O–H groups in total. The van der Waals surface area contributed by atoms with Crippen molar-refractivity contribution >= 4 is 40.2 Å². The highest BCUT2D eigenvalue weighted by Gasteiger charge is 2.52. The summed E-state index contributed by atoms with van der Waals surface area (Å²) < 4.78 is 12.0. The fourth-order valence-electron chi connectivity index (χ4n) is 8.58. The zero-order valence-electron chi connectivity index (χ0n) is 31.8. The smallest absolute Gasteiger partial charge is 0.274 e. The maximum atomic E-state index is 13.5. The molecule has 0 bridgehead atoms. The molecule has 0 atom stereocenters. The number of rotatable bonds is 9. The van der Waals surface area contributed by atoms with Gasteiger partial charge in [0.1, 0.15) is 23.0 Å². The Kier molecular flexibility index (Phi) is 9.40. The van der Waals surface area contributed by atoms with E-state index in [1.54, 1.807) is 32.4 Å². The number of benzene rings is 3. The van der Waals surface area contributed by atoms with Crippen LogP contribution in [0.5, 0.6) is 5.75 Å². The third kappa shape index (κ3) is 6.84. The Morgan fingerprint density at radius 3 is 2.49 bits per heavy atom. The minimum atomic E-state index is -0.397. The third-order valence-corrected chi connectivity index (χ3v) is 12.0. The van der Waals surface area contributed by atoms with Gasteiger partial charge in [-0.2, -0.15) is 5.26 Å². The molecule has 3 aromatic carbocycles. The first-order valence-electron chi connectivity index (χ1n) is 18.7. The van der Waals surface area contributed by atoms with Crippen LogP contribution >= 0.6 is 11.6 Å². The first-order chi connectivity index (χ1) is 26.4. The number of methoxy groups -OCH3 is 1. The number of amides is 2. The van der Waals surface area contributed by atoms with Crippen molar-refractivity contribution in [3.63, 3.8) is 0 Å². The van der Waals surface area contributed by atoms with E-state index in [0.29, 0.717) is 52.1 Å². The Morgan fingerprint density at radius 1 is 1.04 bits per heavy atom. The summed E-state index contributed by atoms with van der Waals surface area (Å²) in [4.78, 5) is 41.2. The maximum Gasteiger partial charge on any atom is 0.274 e. The average molecular weight is 758 g/mol. The highest BCUT2D eigenvalue weighted by Crippen LogP contribution is 2.42. The van der Waals surface area contributed by atoms with E-state index in [-0.39, 0.29) is 22.6 Å². The van der Waals surface area contributed by atoms with Gasteiger partial charge >= 0.3 is 0 Å². The summed E-state index contributed by atoms with van der Waals surface area (Å²) in [6, 6.07) is 19.2. The van der Waals surface area contributed by atoms with Crippen molar-refractivity contribution in [1.82, 2.24) is 24.7 Å². The van der Waals surface area contributed by atoms with E-state index in [1.165, 1.54) is 0 Å². The number of pyridine rings is 1. The fraction of sp³-hybridized carbons (Fsp3) is 0.372. The van der Waals surface area contributed by atoms with Gasteiger partial charge < -0.3 is 19.4 Å². The highest BCUT2D eigenvalue weighted by molar-refractivity contribution is 6.36. The summed E-state index contributed by atoms with van der Waals surface area (Å²) in [5, 5.41) is 13.4. The summed E-state index contributed by atoms with van der Waals surface area (Å²) in [7, 11) is 1.61. The quantitative estimate of drug-likeness (QED) is 0.161. The molecule has 5 aromatic rings. The lowest BCUT2D eigenvalue weighted by Crippen LogP contribution is -2.72. The van der Waals surface area contributed by atoms with Crippen LogP contribution in [0.25, 0.3) is 33.7 Å². The standard InChI is InChI=1S/C43H44ClN7O4/c1-26-31(33-11-7-12-34(38(33)44)47-40(53)36-17-37(54-5)30(19-46-36)21-51-14-8-13-42(51,3)4)9-6-10-32(26)41-48-35-16-28(15-29(18-45)39(35)55-41)20-49-22-43(23-49)24-50(25-43)27(2)52/h6-7,9-12,15-17,19H,8,13-14,20-25H2,1-5H3,(H,47,53). The molecule has 0 saturated carbocycles. The van der Waals surface area contributed by atoms with E-state index >= 15 is 0 Å². The van der Waals surface area contributed by atoms with Crippen LogP contribution in [0.3, 0.4) is 0 Å². The van der Waals surface area contributed by atoms with Crippen LogP contribution in [0, 0.1) is 23.7 Å². The first kappa shape index (κ1) is 36.7. The molecule has 3 fully saturated rings. The highest BCUT2D eigenvalue weighted by atomic mass is 35.5.